The second-order valence-electron chi connectivity index (χ2n) is 10.5. The Morgan fingerprint density at radius 1 is 0.925 bits per heavy atom. The molecule has 0 aliphatic carbocycles. The van der Waals surface area contributed by atoms with Crippen LogP contribution in [0.25, 0.3) is 21.9 Å². The average molecular weight is 535 g/mol. The molecule has 4 aromatic carbocycles. The molecule has 1 heterocycles. The van der Waals surface area contributed by atoms with Gasteiger partial charge in [0, 0.05) is 24.7 Å². The van der Waals surface area contributed by atoms with Crippen LogP contribution in [-0.2, 0) is 11.2 Å². The minimum atomic E-state index is -0.138. The van der Waals surface area contributed by atoms with E-state index in [1.807, 2.05) is 48.5 Å². The van der Waals surface area contributed by atoms with Crippen LogP contribution in [0.1, 0.15) is 47.3 Å². The molecule has 0 spiro atoms. The first-order valence-corrected chi connectivity index (χ1v) is 14.2. The minimum Gasteiger partial charge on any atom is -0.351 e. The average Bonchev–Trinajstić information content (AvgIpc) is 3.00. The van der Waals surface area contributed by atoms with Crippen LogP contribution in [0, 0.1) is 0 Å². The molecule has 1 fully saturated rings. The van der Waals surface area contributed by atoms with Gasteiger partial charge in [0.1, 0.15) is 0 Å². The summed E-state index contributed by atoms with van der Waals surface area (Å²) < 4.78 is 0. The Bertz CT molecular complexity index is 1480. The molecule has 2 amide bonds. The number of nitrogens with zero attached hydrogens (tertiary/aromatic N) is 1. The van der Waals surface area contributed by atoms with Crippen molar-refractivity contribution in [2.45, 2.75) is 38.3 Å². The van der Waals surface area contributed by atoms with Gasteiger partial charge in [-0.2, -0.15) is 0 Å². The van der Waals surface area contributed by atoms with Gasteiger partial charge in [-0.25, -0.2) is 0 Å². The van der Waals surface area contributed by atoms with Crippen LogP contribution >= 0.6 is 0 Å². The Hall–Kier alpha value is -4.00. The summed E-state index contributed by atoms with van der Waals surface area (Å²) in [5.74, 6) is 0.00282. The SMILES string of the molecule is CC(c1cccc(-c2ccccc2C(=O)NCCN)c1)N(C(=O)Cc1ccc2ccccc2c1)C1CCNCC1. The summed E-state index contributed by atoms with van der Waals surface area (Å²) in [5.41, 5.74) is 10.1. The van der Waals surface area contributed by atoms with Crippen LogP contribution in [0.4, 0.5) is 0 Å². The highest BCUT2D eigenvalue weighted by molar-refractivity contribution is 6.01. The number of nitrogens with two attached hydrogens (primary N) is 1. The highest BCUT2D eigenvalue weighted by Crippen LogP contribution is 2.31. The quantitative estimate of drug-likeness (QED) is 0.280. The lowest BCUT2D eigenvalue weighted by Gasteiger charge is -2.39. The minimum absolute atomic E-state index is 0.116. The molecule has 40 heavy (non-hydrogen) atoms. The van der Waals surface area contributed by atoms with Crippen LogP contribution in [0.3, 0.4) is 0 Å². The number of carbonyl (C=O) groups is 2. The second-order valence-corrected chi connectivity index (χ2v) is 10.5. The summed E-state index contributed by atoms with van der Waals surface area (Å²) in [6.45, 7) is 4.75. The Balaban J connectivity index is 1.44. The van der Waals surface area contributed by atoms with E-state index < -0.39 is 0 Å². The Morgan fingerprint density at radius 3 is 2.48 bits per heavy atom. The van der Waals surface area contributed by atoms with Crippen LogP contribution in [0.5, 0.6) is 0 Å². The molecule has 4 aromatic rings. The standard InChI is InChI=1S/C34H38N4O2/c1-24(27-9-6-10-29(23-27)31-11-4-5-12-32(31)34(40)37-20-17-35)38(30-15-18-36-19-16-30)33(39)22-25-13-14-26-7-2-3-8-28(26)21-25/h2-14,21,23-24,30,36H,15-20,22,35H2,1H3,(H,37,40). The van der Waals surface area contributed by atoms with Crippen molar-refractivity contribution >= 4 is 22.6 Å². The van der Waals surface area contributed by atoms with Gasteiger partial charge in [-0.05, 0) is 78.0 Å². The third kappa shape index (κ3) is 6.24. The molecule has 206 valence electrons. The third-order valence-electron chi connectivity index (χ3n) is 7.86. The second kappa shape index (κ2) is 12.9. The molecule has 0 saturated carbocycles. The Morgan fingerprint density at radius 2 is 1.68 bits per heavy atom. The van der Waals surface area contributed by atoms with E-state index in [1.165, 1.54) is 5.39 Å². The molecule has 1 atom stereocenters. The molecule has 0 radical (unpaired) electrons. The van der Waals surface area contributed by atoms with Crippen LogP contribution < -0.4 is 16.4 Å². The maximum Gasteiger partial charge on any atom is 0.251 e. The van der Waals surface area contributed by atoms with Crippen LogP contribution in [0.15, 0.2) is 91.0 Å². The number of hydrogen-bond acceptors (Lipinski definition) is 4. The highest BCUT2D eigenvalue weighted by atomic mass is 16.2. The van der Waals surface area contributed by atoms with E-state index in [2.05, 4.69) is 64.9 Å². The highest BCUT2D eigenvalue weighted by Gasteiger charge is 2.30. The van der Waals surface area contributed by atoms with Gasteiger partial charge >= 0.3 is 0 Å². The van der Waals surface area contributed by atoms with Gasteiger partial charge in [-0.3, -0.25) is 9.59 Å². The van der Waals surface area contributed by atoms with Crippen molar-refractivity contribution in [1.82, 2.24) is 15.5 Å². The van der Waals surface area contributed by atoms with E-state index in [-0.39, 0.29) is 23.9 Å². The predicted octanol–water partition coefficient (Wildman–Crippen LogP) is 5.08. The van der Waals surface area contributed by atoms with Gasteiger partial charge in [0.15, 0.2) is 0 Å². The number of amides is 2. The Labute approximate surface area is 236 Å². The van der Waals surface area contributed by atoms with Crippen molar-refractivity contribution < 1.29 is 9.59 Å². The Kier molecular flexibility index (Phi) is 8.89. The maximum absolute atomic E-state index is 14.0. The molecule has 0 aromatic heterocycles. The molecule has 4 N–H and O–H groups in total. The molecule has 1 aliphatic heterocycles. The van der Waals surface area contributed by atoms with Crippen molar-refractivity contribution in [3.05, 3.63) is 108 Å². The number of carbonyl (C=O) groups excluding carboxylic acids is 2. The van der Waals surface area contributed by atoms with Crippen LogP contribution in [0.2, 0.25) is 0 Å². The van der Waals surface area contributed by atoms with Gasteiger partial charge in [0.05, 0.1) is 12.5 Å². The molecule has 1 saturated heterocycles. The molecular weight excluding hydrogens is 496 g/mol. The van der Waals surface area contributed by atoms with E-state index >= 15 is 0 Å². The van der Waals surface area contributed by atoms with Gasteiger partial charge in [-0.1, -0.05) is 78.9 Å². The van der Waals surface area contributed by atoms with Crippen LogP contribution in [-0.4, -0.2) is 48.9 Å². The van der Waals surface area contributed by atoms with E-state index in [1.54, 1.807) is 0 Å². The van der Waals surface area contributed by atoms with Gasteiger partial charge in [-0.15, -0.1) is 0 Å². The summed E-state index contributed by atoms with van der Waals surface area (Å²) in [6, 6.07) is 30.5. The summed E-state index contributed by atoms with van der Waals surface area (Å²) >= 11 is 0. The zero-order valence-electron chi connectivity index (χ0n) is 23.1. The molecule has 6 nitrogen and oxygen atoms in total. The third-order valence-corrected chi connectivity index (χ3v) is 7.86. The molecule has 1 aliphatic rings. The number of fused-ring (bicyclic) bond motifs is 1. The van der Waals surface area contributed by atoms with E-state index in [4.69, 9.17) is 5.73 Å². The zero-order valence-corrected chi connectivity index (χ0v) is 23.1. The van der Waals surface area contributed by atoms with Crippen molar-refractivity contribution in [3.63, 3.8) is 0 Å². The van der Waals surface area contributed by atoms with Crippen molar-refractivity contribution in [1.29, 1.82) is 0 Å². The smallest absolute Gasteiger partial charge is 0.251 e. The van der Waals surface area contributed by atoms with Crippen molar-refractivity contribution in [3.8, 4) is 11.1 Å². The monoisotopic (exact) mass is 534 g/mol. The lowest BCUT2D eigenvalue weighted by atomic mass is 9.93. The lowest BCUT2D eigenvalue weighted by Crippen LogP contribution is -2.47. The fraction of sp³-hybridized carbons (Fsp3) is 0.294. The summed E-state index contributed by atoms with van der Waals surface area (Å²) in [5, 5.41) is 8.65. The zero-order chi connectivity index (χ0) is 27.9. The normalized spacial score (nSPS) is 14.6. The first-order chi connectivity index (χ1) is 19.5. The molecule has 1 unspecified atom stereocenters. The number of piperidine rings is 1. The van der Waals surface area contributed by atoms with Gasteiger partial charge in [0.2, 0.25) is 5.91 Å². The van der Waals surface area contributed by atoms with Crippen molar-refractivity contribution in [2.75, 3.05) is 26.2 Å². The topological polar surface area (TPSA) is 87.5 Å². The first kappa shape index (κ1) is 27.6. The fourth-order valence-electron chi connectivity index (χ4n) is 5.78. The maximum atomic E-state index is 14.0. The largest absolute Gasteiger partial charge is 0.351 e. The lowest BCUT2D eigenvalue weighted by molar-refractivity contribution is -0.136. The predicted molar refractivity (Wildman–Crippen MR) is 162 cm³/mol. The first-order valence-electron chi connectivity index (χ1n) is 14.2. The molecule has 5 rings (SSSR count). The van der Waals surface area contributed by atoms with Gasteiger partial charge in [0.25, 0.3) is 5.91 Å². The van der Waals surface area contributed by atoms with Gasteiger partial charge < -0.3 is 21.3 Å². The molecular formula is C34H38N4O2. The molecule has 6 heteroatoms. The number of rotatable bonds is 9. The summed E-state index contributed by atoms with van der Waals surface area (Å²) in [4.78, 5) is 29.0. The van der Waals surface area contributed by atoms with E-state index in [0.717, 1.165) is 53.6 Å². The number of benzene rings is 4. The number of nitrogens with one attached hydrogen (secondary N) is 2. The van der Waals surface area contributed by atoms with E-state index in [0.29, 0.717) is 25.1 Å². The van der Waals surface area contributed by atoms with E-state index in [9.17, 15) is 9.59 Å². The van der Waals surface area contributed by atoms with Crippen molar-refractivity contribution in [2.24, 2.45) is 5.73 Å². The fourth-order valence-corrected chi connectivity index (χ4v) is 5.78. The number of hydrogen-bond donors (Lipinski definition) is 3. The summed E-state index contributed by atoms with van der Waals surface area (Å²) in [7, 11) is 0. The summed E-state index contributed by atoms with van der Waals surface area (Å²) in [6.07, 6.45) is 2.22. The molecule has 0 bridgehead atoms.